The molecule has 1 heterocycles. The Bertz CT molecular complexity index is 1170. The molecule has 0 aliphatic carbocycles. The summed E-state index contributed by atoms with van der Waals surface area (Å²) in [6.07, 6.45) is 1.68. The molecule has 31 heavy (non-hydrogen) atoms. The van der Waals surface area contributed by atoms with Crippen molar-refractivity contribution in [1.82, 2.24) is 9.45 Å². The van der Waals surface area contributed by atoms with E-state index in [1.165, 1.54) is 32.4 Å². The molecule has 0 atom stereocenters. The van der Waals surface area contributed by atoms with Gasteiger partial charge in [0.1, 0.15) is 17.3 Å². The predicted molar refractivity (Wildman–Crippen MR) is 116 cm³/mol. The number of carbonyl (C=O) groups is 1. The van der Waals surface area contributed by atoms with Crippen molar-refractivity contribution in [2.75, 3.05) is 19.5 Å². The average Bonchev–Trinajstić information content (AvgIpc) is 2.78. The van der Waals surface area contributed by atoms with E-state index in [0.29, 0.717) is 15.9 Å². The molecule has 1 N–H and O–H groups in total. The van der Waals surface area contributed by atoms with Crippen molar-refractivity contribution in [3.63, 3.8) is 0 Å². The lowest BCUT2D eigenvalue weighted by Crippen LogP contribution is -2.26. The van der Waals surface area contributed by atoms with Gasteiger partial charge in [-0.2, -0.15) is 0 Å². The highest BCUT2D eigenvalue weighted by molar-refractivity contribution is 7.89. The van der Waals surface area contributed by atoms with Gasteiger partial charge in [-0.05, 0) is 42.5 Å². The minimum atomic E-state index is -4.02. The molecular weight excluding hydrogens is 442 g/mol. The van der Waals surface area contributed by atoms with E-state index >= 15 is 0 Å². The Morgan fingerprint density at radius 1 is 1.13 bits per heavy atom. The van der Waals surface area contributed by atoms with Crippen LogP contribution in [0.3, 0.4) is 0 Å². The van der Waals surface area contributed by atoms with E-state index in [1.807, 2.05) is 18.2 Å². The van der Waals surface area contributed by atoms with Crippen LogP contribution >= 0.6 is 11.6 Å². The van der Waals surface area contributed by atoms with Crippen LogP contribution in [-0.2, 0) is 21.5 Å². The number of amides is 1. The van der Waals surface area contributed by atoms with Gasteiger partial charge in [-0.25, -0.2) is 8.42 Å². The Morgan fingerprint density at radius 2 is 1.94 bits per heavy atom. The maximum atomic E-state index is 12.7. The third-order valence-electron chi connectivity index (χ3n) is 4.27. The first kappa shape index (κ1) is 22.7. The summed E-state index contributed by atoms with van der Waals surface area (Å²) in [5, 5.41) is 2.70. The van der Waals surface area contributed by atoms with Gasteiger partial charge in [-0.15, -0.1) is 0 Å². The monoisotopic (exact) mass is 461 g/mol. The number of ether oxygens (including phenoxy) is 1. The van der Waals surface area contributed by atoms with Crippen molar-refractivity contribution in [3.8, 4) is 5.75 Å². The number of halogens is 1. The molecule has 2 aromatic carbocycles. The number of hydroxylamine groups is 1. The first-order valence-corrected chi connectivity index (χ1v) is 10.9. The lowest BCUT2D eigenvalue weighted by atomic mass is 10.2. The fraction of sp³-hybridized carbons (Fsp3) is 0.143. The quantitative estimate of drug-likeness (QED) is 0.513. The van der Waals surface area contributed by atoms with Gasteiger partial charge in [0.25, 0.3) is 15.9 Å². The highest BCUT2D eigenvalue weighted by Gasteiger charge is 2.25. The number of nitrogens with zero attached hydrogens (tertiary/aromatic N) is 2. The summed E-state index contributed by atoms with van der Waals surface area (Å²) in [6, 6.07) is 16.4. The third-order valence-corrected chi connectivity index (χ3v) is 6.43. The zero-order chi connectivity index (χ0) is 22.4. The number of benzene rings is 2. The van der Waals surface area contributed by atoms with Crippen LogP contribution in [0.4, 0.5) is 5.69 Å². The summed E-state index contributed by atoms with van der Waals surface area (Å²) in [5.74, 6) is 0.0413. The number of hydrogen-bond acceptors (Lipinski definition) is 6. The van der Waals surface area contributed by atoms with Crippen molar-refractivity contribution in [3.05, 3.63) is 83.1 Å². The molecule has 0 fully saturated rings. The smallest absolute Gasteiger partial charge is 0.266 e. The van der Waals surface area contributed by atoms with Crippen molar-refractivity contribution in [1.29, 1.82) is 0 Å². The zero-order valence-electron chi connectivity index (χ0n) is 16.8. The summed E-state index contributed by atoms with van der Waals surface area (Å²) in [4.78, 5) is 21.4. The maximum absolute atomic E-state index is 12.7. The van der Waals surface area contributed by atoms with Gasteiger partial charge >= 0.3 is 0 Å². The highest BCUT2D eigenvalue weighted by Crippen LogP contribution is 2.26. The van der Waals surface area contributed by atoms with Crippen LogP contribution in [0.25, 0.3) is 0 Å². The van der Waals surface area contributed by atoms with E-state index < -0.39 is 15.9 Å². The van der Waals surface area contributed by atoms with Crippen LogP contribution in [0.15, 0.2) is 71.8 Å². The number of sulfonamides is 1. The molecule has 162 valence electrons. The Morgan fingerprint density at radius 3 is 2.65 bits per heavy atom. The molecule has 0 aliphatic heterocycles. The van der Waals surface area contributed by atoms with E-state index in [-0.39, 0.29) is 22.1 Å². The van der Waals surface area contributed by atoms with Gasteiger partial charge in [-0.1, -0.05) is 28.2 Å². The molecule has 0 saturated carbocycles. The van der Waals surface area contributed by atoms with Crippen LogP contribution in [0.1, 0.15) is 16.1 Å². The van der Waals surface area contributed by atoms with E-state index in [4.69, 9.17) is 21.2 Å². The standard InChI is InChI=1S/C21H20ClN3O5S/c1-25(29-2)31(27,28)20-12-15(9-10-19(20)22)21(26)24-16-7-5-8-18(13-16)30-14-17-6-3-4-11-23-17/h3-13H,14H2,1-2H3,(H,24,26). The van der Waals surface area contributed by atoms with Gasteiger partial charge < -0.3 is 10.1 Å². The molecular formula is C21H20ClN3O5S. The van der Waals surface area contributed by atoms with Crippen molar-refractivity contribution in [2.24, 2.45) is 0 Å². The average molecular weight is 462 g/mol. The summed E-state index contributed by atoms with van der Waals surface area (Å²) in [6.45, 7) is 0.281. The Labute approximate surface area is 185 Å². The molecule has 3 aromatic rings. The van der Waals surface area contributed by atoms with Crippen molar-refractivity contribution in [2.45, 2.75) is 11.5 Å². The van der Waals surface area contributed by atoms with E-state index in [9.17, 15) is 13.2 Å². The fourth-order valence-corrected chi connectivity index (χ4v) is 4.06. The Hall–Kier alpha value is -2.98. The first-order chi connectivity index (χ1) is 14.8. The summed E-state index contributed by atoms with van der Waals surface area (Å²) >= 11 is 6.04. The van der Waals surface area contributed by atoms with Crippen LogP contribution in [0.2, 0.25) is 5.02 Å². The molecule has 1 amide bonds. The van der Waals surface area contributed by atoms with E-state index in [0.717, 1.165) is 5.69 Å². The normalized spacial score (nSPS) is 11.4. The molecule has 8 nitrogen and oxygen atoms in total. The number of hydrogen-bond donors (Lipinski definition) is 1. The molecule has 1 aromatic heterocycles. The molecule has 10 heteroatoms. The number of anilines is 1. The van der Waals surface area contributed by atoms with Crippen LogP contribution in [0, 0.1) is 0 Å². The molecule has 0 bridgehead atoms. The second-order valence-electron chi connectivity index (χ2n) is 6.33. The van der Waals surface area contributed by atoms with Gasteiger partial charge in [0.2, 0.25) is 0 Å². The van der Waals surface area contributed by atoms with Gasteiger partial charge in [0, 0.05) is 30.6 Å². The summed E-state index contributed by atoms with van der Waals surface area (Å²) in [5.41, 5.74) is 1.37. The maximum Gasteiger partial charge on any atom is 0.266 e. The Kier molecular flexibility index (Phi) is 7.24. The Balaban J connectivity index is 1.75. The summed E-state index contributed by atoms with van der Waals surface area (Å²) < 4.78 is 31.4. The second-order valence-corrected chi connectivity index (χ2v) is 8.65. The van der Waals surface area contributed by atoms with Gasteiger partial charge in [0.05, 0.1) is 17.8 Å². The molecule has 0 aliphatic rings. The molecule has 0 radical (unpaired) electrons. The molecule has 0 saturated heterocycles. The van der Waals surface area contributed by atoms with Gasteiger partial charge in [-0.3, -0.25) is 14.6 Å². The van der Waals surface area contributed by atoms with Crippen molar-refractivity contribution >= 4 is 33.2 Å². The number of carbonyl (C=O) groups excluding carboxylic acids is 1. The topological polar surface area (TPSA) is 97.8 Å². The lowest BCUT2D eigenvalue weighted by Gasteiger charge is -2.16. The first-order valence-electron chi connectivity index (χ1n) is 9.08. The van der Waals surface area contributed by atoms with Crippen LogP contribution in [0.5, 0.6) is 5.75 Å². The predicted octanol–water partition coefficient (Wildman–Crippen LogP) is 3.75. The summed E-state index contributed by atoms with van der Waals surface area (Å²) in [7, 11) is -1.57. The minimum absolute atomic E-state index is 0.0228. The SMILES string of the molecule is CON(C)S(=O)(=O)c1cc(C(=O)Nc2cccc(OCc3ccccn3)c2)ccc1Cl. The van der Waals surface area contributed by atoms with Crippen LogP contribution in [-0.4, -0.2) is 37.9 Å². The number of aromatic nitrogens is 1. The highest BCUT2D eigenvalue weighted by atomic mass is 35.5. The fourth-order valence-electron chi connectivity index (χ4n) is 2.59. The number of rotatable bonds is 8. The van der Waals surface area contributed by atoms with E-state index in [2.05, 4.69) is 10.3 Å². The zero-order valence-corrected chi connectivity index (χ0v) is 18.4. The largest absolute Gasteiger partial charge is 0.487 e. The lowest BCUT2D eigenvalue weighted by molar-refractivity contribution is -0.0258. The number of nitrogens with one attached hydrogen (secondary N) is 1. The van der Waals surface area contributed by atoms with Gasteiger partial charge in [0.15, 0.2) is 0 Å². The number of pyridine rings is 1. The minimum Gasteiger partial charge on any atom is -0.487 e. The third kappa shape index (κ3) is 5.59. The van der Waals surface area contributed by atoms with Crippen molar-refractivity contribution < 1.29 is 22.8 Å². The second kappa shape index (κ2) is 9.88. The molecule has 0 spiro atoms. The van der Waals surface area contributed by atoms with E-state index in [1.54, 1.807) is 30.5 Å². The molecule has 0 unspecified atom stereocenters. The molecule has 3 rings (SSSR count). The van der Waals surface area contributed by atoms with Crippen LogP contribution < -0.4 is 10.1 Å².